The predicted octanol–water partition coefficient (Wildman–Crippen LogP) is 4.38. The molecule has 8 nitrogen and oxygen atoms in total. The Bertz CT molecular complexity index is 1170. The van der Waals surface area contributed by atoms with E-state index in [1.165, 1.54) is 0 Å². The summed E-state index contributed by atoms with van der Waals surface area (Å²) in [4.78, 5) is 32.0. The van der Waals surface area contributed by atoms with E-state index in [0.29, 0.717) is 48.2 Å². The molecule has 0 spiro atoms. The van der Waals surface area contributed by atoms with Crippen LogP contribution >= 0.6 is 0 Å². The smallest absolute Gasteiger partial charge is 0.338 e. The van der Waals surface area contributed by atoms with Crippen molar-refractivity contribution in [3.8, 4) is 11.4 Å². The molecule has 1 aromatic heterocycles. The highest BCUT2D eigenvalue weighted by Crippen LogP contribution is 2.25. The molecule has 1 aliphatic rings. The third-order valence-corrected chi connectivity index (χ3v) is 6.18. The highest BCUT2D eigenvalue weighted by atomic mass is 16.5. The minimum absolute atomic E-state index is 0.0556. The number of aryl methyl sites for hydroxylation is 1. The van der Waals surface area contributed by atoms with E-state index in [9.17, 15) is 9.59 Å². The number of carbonyl (C=O) groups excluding carboxylic acids is 2. The number of hydrogen-bond acceptors (Lipinski definition) is 7. The Hall–Kier alpha value is -3.52. The molecule has 0 radical (unpaired) electrons. The summed E-state index contributed by atoms with van der Waals surface area (Å²) in [7, 11) is 0. The summed E-state index contributed by atoms with van der Waals surface area (Å²) < 4.78 is 10.6. The number of hydrogen-bond donors (Lipinski definition) is 1. The number of amides is 1. The summed E-state index contributed by atoms with van der Waals surface area (Å²) in [6, 6.07) is 13.2. The van der Waals surface area contributed by atoms with Crippen molar-refractivity contribution in [1.82, 2.24) is 15.0 Å². The summed E-state index contributed by atoms with van der Waals surface area (Å²) in [5.74, 6) is 0.510. The van der Waals surface area contributed by atoms with E-state index >= 15 is 0 Å². The highest BCUT2D eigenvalue weighted by Gasteiger charge is 2.27. The predicted molar refractivity (Wildman–Crippen MR) is 128 cm³/mol. The lowest BCUT2D eigenvalue weighted by Crippen LogP contribution is -2.40. The van der Waals surface area contributed by atoms with Crippen molar-refractivity contribution in [2.45, 2.75) is 40.2 Å². The van der Waals surface area contributed by atoms with Gasteiger partial charge in [-0.3, -0.25) is 9.69 Å². The van der Waals surface area contributed by atoms with Gasteiger partial charge in [-0.1, -0.05) is 35.5 Å². The molecule has 1 amide bonds. The average molecular weight is 463 g/mol. The second kappa shape index (κ2) is 10.6. The maximum absolute atomic E-state index is 13.0. The Kier molecular flexibility index (Phi) is 7.37. The molecule has 0 bridgehead atoms. The topological polar surface area (TPSA) is 97.6 Å². The first-order chi connectivity index (χ1) is 16.5. The second-order valence-corrected chi connectivity index (χ2v) is 8.59. The zero-order valence-corrected chi connectivity index (χ0v) is 19.8. The van der Waals surface area contributed by atoms with Gasteiger partial charge in [0.1, 0.15) is 0 Å². The third-order valence-electron chi connectivity index (χ3n) is 6.18. The molecule has 3 aromatic rings. The zero-order valence-electron chi connectivity index (χ0n) is 19.8. The van der Waals surface area contributed by atoms with E-state index in [-0.39, 0.29) is 17.8 Å². The maximum Gasteiger partial charge on any atom is 0.338 e. The quantitative estimate of drug-likeness (QED) is 0.520. The van der Waals surface area contributed by atoms with Crippen LogP contribution in [0.3, 0.4) is 0 Å². The van der Waals surface area contributed by atoms with Crippen LogP contribution in [0.4, 0.5) is 5.69 Å². The van der Waals surface area contributed by atoms with Gasteiger partial charge in [-0.2, -0.15) is 4.98 Å². The fourth-order valence-electron chi connectivity index (χ4n) is 4.29. The van der Waals surface area contributed by atoms with Crippen molar-refractivity contribution in [3.05, 3.63) is 65.0 Å². The van der Waals surface area contributed by atoms with Crippen molar-refractivity contribution >= 4 is 17.6 Å². The van der Waals surface area contributed by atoms with E-state index in [1.54, 1.807) is 19.1 Å². The van der Waals surface area contributed by atoms with Gasteiger partial charge in [0, 0.05) is 17.8 Å². The molecule has 2 heterocycles. The van der Waals surface area contributed by atoms with Gasteiger partial charge in [0.25, 0.3) is 0 Å². The summed E-state index contributed by atoms with van der Waals surface area (Å²) in [5.41, 5.74) is 3.84. The van der Waals surface area contributed by atoms with Gasteiger partial charge in [-0.15, -0.1) is 0 Å². The SMILES string of the molecule is CCOC(=O)c1cccc(NC(=O)C2CCCN(Cc3nc(-c4ccccc4C)no3)C2)c1C. The average Bonchev–Trinajstić information content (AvgIpc) is 3.29. The van der Waals surface area contributed by atoms with Crippen LogP contribution in [0.2, 0.25) is 0 Å². The van der Waals surface area contributed by atoms with E-state index in [0.717, 1.165) is 30.5 Å². The number of nitrogens with zero attached hydrogens (tertiary/aromatic N) is 3. The van der Waals surface area contributed by atoms with Crippen LogP contribution in [0.25, 0.3) is 11.4 Å². The van der Waals surface area contributed by atoms with Gasteiger partial charge < -0.3 is 14.6 Å². The summed E-state index contributed by atoms with van der Waals surface area (Å²) in [6.07, 6.45) is 1.70. The van der Waals surface area contributed by atoms with Crippen LogP contribution in [0.5, 0.6) is 0 Å². The Labute approximate surface area is 199 Å². The minimum Gasteiger partial charge on any atom is -0.462 e. The second-order valence-electron chi connectivity index (χ2n) is 8.59. The number of aromatic nitrogens is 2. The molecule has 34 heavy (non-hydrogen) atoms. The molecule has 1 N–H and O–H groups in total. The molecule has 0 saturated carbocycles. The Morgan fingerprint density at radius 3 is 2.79 bits per heavy atom. The summed E-state index contributed by atoms with van der Waals surface area (Å²) in [6.45, 7) is 7.87. The summed E-state index contributed by atoms with van der Waals surface area (Å²) in [5, 5.41) is 7.15. The number of anilines is 1. The van der Waals surface area contributed by atoms with Gasteiger partial charge in [0.15, 0.2) is 0 Å². The van der Waals surface area contributed by atoms with E-state index in [4.69, 9.17) is 9.26 Å². The molecule has 1 unspecified atom stereocenters. The number of esters is 1. The maximum atomic E-state index is 13.0. The van der Waals surface area contributed by atoms with Crippen LogP contribution in [-0.2, 0) is 16.1 Å². The molecule has 4 rings (SSSR count). The van der Waals surface area contributed by atoms with Crippen molar-refractivity contribution in [2.24, 2.45) is 5.92 Å². The Balaban J connectivity index is 1.39. The highest BCUT2D eigenvalue weighted by molar-refractivity contribution is 5.97. The van der Waals surface area contributed by atoms with Crippen molar-refractivity contribution in [1.29, 1.82) is 0 Å². The van der Waals surface area contributed by atoms with Gasteiger partial charge >= 0.3 is 5.97 Å². The first-order valence-corrected chi connectivity index (χ1v) is 11.6. The standard InChI is InChI=1S/C26H30N4O4/c1-4-33-26(32)21-12-7-13-22(18(21)3)27-25(31)19-10-8-14-30(15-19)16-23-28-24(29-34-23)20-11-6-5-9-17(20)2/h5-7,9,11-13,19H,4,8,10,14-16H2,1-3H3,(H,27,31). The Morgan fingerprint density at radius 2 is 2.00 bits per heavy atom. The summed E-state index contributed by atoms with van der Waals surface area (Å²) >= 11 is 0. The van der Waals surface area contributed by atoms with E-state index in [1.807, 2.05) is 44.2 Å². The number of ether oxygens (including phenoxy) is 1. The largest absolute Gasteiger partial charge is 0.462 e. The lowest BCUT2D eigenvalue weighted by Gasteiger charge is -2.31. The van der Waals surface area contributed by atoms with Gasteiger partial charge in [-0.05, 0) is 63.4 Å². The lowest BCUT2D eigenvalue weighted by atomic mass is 9.96. The van der Waals surface area contributed by atoms with Crippen LogP contribution in [0.15, 0.2) is 47.0 Å². The van der Waals surface area contributed by atoms with Crippen molar-refractivity contribution in [2.75, 3.05) is 25.0 Å². The van der Waals surface area contributed by atoms with Gasteiger partial charge in [0.05, 0.1) is 24.6 Å². The fourth-order valence-corrected chi connectivity index (χ4v) is 4.29. The molecule has 1 saturated heterocycles. The van der Waals surface area contributed by atoms with Crippen LogP contribution in [0.1, 0.15) is 47.1 Å². The lowest BCUT2D eigenvalue weighted by molar-refractivity contribution is -0.121. The van der Waals surface area contributed by atoms with Crippen LogP contribution in [0, 0.1) is 19.8 Å². The monoisotopic (exact) mass is 462 g/mol. The number of likely N-dealkylation sites (tertiary alicyclic amines) is 1. The van der Waals surface area contributed by atoms with Crippen molar-refractivity contribution < 1.29 is 18.8 Å². The minimum atomic E-state index is -0.385. The zero-order chi connectivity index (χ0) is 24.1. The molecule has 0 aliphatic carbocycles. The number of rotatable bonds is 7. The normalized spacial score (nSPS) is 16.3. The molecule has 1 fully saturated rings. The van der Waals surface area contributed by atoms with E-state index in [2.05, 4.69) is 20.4 Å². The molecule has 8 heteroatoms. The molecule has 1 atom stereocenters. The van der Waals surface area contributed by atoms with Gasteiger partial charge in [-0.25, -0.2) is 4.79 Å². The fraction of sp³-hybridized carbons (Fsp3) is 0.385. The third kappa shape index (κ3) is 5.34. The first-order valence-electron chi connectivity index (χ1n) is 11.6. The van der Waals surface area contributed by atoms with Crippen LogP contribution in [-0.4, -0.2) is 46.6 Å². The van der Waals surface area contributed by atoms with E-state index < -0.39 is 0 Å². The number of piperidine rings is 1. The Morgan fingerprint density at radius 1 is 1.18 bits per heavy atom. The van der Waals surface area contributed by atoms with Crippen molar-refractivity contribution in [3.63, 3.8) is 0 Å². The molecular formula is C26H30N4O4. The number of carbonyl (C=O) groups is 2. The van der Waals surface area contributed by atoms with Crippen LogP contribution < -0.4 is 5.32 Å². The molecule has 2 aromatic carbocycles. The first kappa shape index (κ1) is 23.6. The number of nitrogens with one attached hydrogen (secondary N) is 1. The molecule has 1 aliphatic heterocycles. The number of benzene rings is 2. The molecular weight excluding hydrogens is 432 g/mol. The molecule has 178 valence electrons. The van der Waals surface area contributed by atoms with Gasteiger partial charge in [0.2, 0.25) is 17.6 Å².